The van der Waals surface area contributed by atoms with Gasteiger partial charge in [-0.3, -0.25) is 0 Å². The van der Waals surface area contributed by atoms with Crippen LogP contribution in [0.5, 0.6) is 0 Å². The number of hydrogen-bond acceptors (Lipinski definition) is 3. The number of hydrogen-bond donors (Lipinski definition) is 1. The number of nitrogens with two attached hydrogens (primary N) is 1. The molecule has 1 unspecified atom stereocenters. The molecule has 1 aliphatic carbocycles. The van der Waals surface area contributed by atoms with Gasteiger partial charge in [0.05, 0.1) is 17.2 Å². The summed E-state index contributed by atoms with van der Waals surface area (Å²) < 4.78 is 0. The maximum atomic E-state index is 6.30. The summed E-state index contributed by atoms with van der Waals surface area (Å²) in [5.74, 6) is 0.792. The first-order valence-corrected chi connectivity index (χ1v) is 7.39. The van der Waals surface area contributed by atoms with Crippen LogP contribution in [0.25, 0.3) is 0 Å². The third-order valence-corrected chi connectivity index (χ3v) is 4.95. The highest BCUT2D eigenvalue weighted by atomic mass is 32.1. The molecule has 3 rings (SSSR count). The first-order chi connectivity index (χ1) is 8.75. The van der Waals surface area contributed by atoms with Crippen molar-refractivity contribution in [3.05, 3.63) is 51.5 Å². The summed E-state index contributed by atoms with van der Waals surface area (Å²) in [6.07, 6.45) is 4.07. The van der Waals surface area contributed by atoms with Crippen molar-refractivity contribution < 1.29 is 0 Å². The molecule has 1 heterocycles. The van der Waals surface area contributed by atoms with E-state index in [2.05, 4.69) is 29.2 Å². The summed E-state index contributed by atoms with van der Waals surface area (Å²) >= 11 is 1.64. The lowest BCUT2D eigenvalue weighted by atomic mass is 9.80. The molecule has 0 radical (unpaired) electrons. The number of aromatic nitrogens is 1. The van der Waals surface area contributed by atoms with E-state index in [1.807, 2.05) is 12.4 Å². The van der Waals surface area contributed by atoms with Gasteiger partial charge in [0, 0.05) is 4.88 Å². The van der Waals surface area contributed by atoms with Crippen molar-refractivity contribution in [2.75, 3.05) is 0 Å². The number of nitrogens with zero attached hydrogens (tertiary/aromatic N) is 1. The molecule has 2 aromatic rings. The fraction of sp³-hybridized carbons (Fsp3) is 0.400. The Hall–Kier alpha value is -1.19. The number of benzene rings is 1. The molecular weight excluding hydrogens is 240 g/mol. The normalized spacial score (nSPS) is 17.4. The maximum Gasteiger partial charge on any atom is 0.0798 e. The Labute approximate surface area is 112 Å². The molecule has 0 saturated heterocycles. The topological polar surface area (TPSA) is 38.9 Å². The van der Waals surface area contributed by atoms with Crippen molar-refractivity contribution in [3.63, 3.8) is 0 Å². The Morgan fingerprint density at radius 3 is 2.50 bits per heavy atom. The lowest BCUT2D eigenvalue weighted by Crippen LogP contribution is -2.12. The van der Waals surface area contributed by atoms with Gasteiger partial charge >= 0.3 is 0 Å². The summed E-state index contributed by atoms with van der Waals surface area (Å²) in [7, 11) is 0. The van der Waals surface area contributed by atoms with Crippen molar-refractivity contribution in [1.29, 1.82) is 0 Å². The van der Waals surface area contributed by atoms with E-state index >= 15 is 0 Å². The predicted octanol–water partition coefficient (Wildman–Crippen LogP) is 3.77. The zero-order valence-electron chi connectivity index (χ0n) is 10.6. The van der Waals surface area contributed by atoms with Crippen LogP contribution in [-0.4, -0.2) is 4.98 Å². The Balaban J connectivity index is 1.82. The van der Waals surface area contributed by atoms with Crippen LogP contribution >= 0.6 is 11.3 Å². The van der Waals surface area contributed by atoms with Gasteiger partial charge < -0.3 is 5.73 Å². The highest BCUT2D eigenvalue weighted by Gasteiger charge is 2.20. The van der Waals surface area contributed by atoms with E-state index < -0.39 is 0 Å². The van der Waals surface area contributed by atoms with Crippen molar-refractivity contribution in [2.24, 2.45) is 5.73 Å². The molecule has 3 heteroatoms. The minimum Gasteiger partial charge on any atom is -0.320 e. The van der Waals surface area contributed by atoms with Gasteiger partial charge in [0.25, 0.3) is 0 Å². The van der Waals surface area contributed by atoms with Crippen LogP contribution in [0.15, 0.2) is 29.8 Å². The van der Waals surface area contributed by atoms with E-state index in [9.17, 15) is 0 Å². The van der Waals surface area contributed by atoms with E-state index in [1.165, 1.54) is 35.3 Å². The monoisotopic (exact) mass is 258 g/mol. The Morgan fingerprint density at radius 1 is 1.28 bits per heavy atom. The number of aryl methyl sites for hydroxylation is 1. The molecule has 1 aromatic heterocycles. The van der Waals surface area contributed by atoms with E-state index in [0.29, 0.717) is 0 Å². The van der Waals surface area contributed by atoms with Crippen LogP contribution in [0.1, 0.15) is 52.9 Å². The number of rotatable bonds is 3. The quantitative estimate of drug-likeness (QED) is 0.910. The fourth-order valence-corrected chi connectivity index (χ4v) is 3.31. The largest absolute Gasteiger partial charge is 0.320 e. The van der Waals surface area contributed by atoms with Crippen molar-refractivity contribution >= 4 is 11.3 Å². The highest BCUT2D eigenvalue weighted by molar-refractivity contribution is 7.09. The molecule has 0 spiro atoms. The van der Waals surface area contributed by atoms with E-state index in [1.54, 1.807) is 11.3 Å². The fourth-order valence-electron chi connectivity index (χ4n) is 2.48. The highest BCUT2D eigenvalue weighted by Crippen LogP contribution is 2.36. The lowest BCUT2D eigenvalue weighted by molar-refractivity contribution is 0.419. The van der Waals surface area contributed by atoms with Gasteiger partial charge in [-0.1, -0.05) is 30.7 Å². The summed E-state index contributed by atoms with van der Waals surface area (Å²) in [5, 5.41) is 0. The van der Waals surface area contributed by atoms with Crippen LogP contribution in [0.2, 0.25) is 0 Å². The molecule has 2 N–H and O–H groups in total. The molecule has 0 amide bonds. The maximum absolute atomic E-state index is 6.30. The molecule has 1 atom stereocenters. The van der Waals surface area contributed by atoms with Gasteiger partial charge in [0.1, 0.15) is 0 Å². The first-order valence-electron chi connectivity index (χ1n) is 6.51. The zero-order chi connectivity index (χ0) is 12.5. The second kappa shape index (κ2) is 4.82. The minimum atomic E-state index is -0.0343. The third kappa shape index (κ3) is 2.08. The van der Waals surface area contributed by atoms with Crippen LogP contribution in [0, 0.1) is 6.92 Å². The molecule has 1 fully saturated rings. The Kier molecular flexibility index (Phi) is 3.18. The van der Waals surface area contributed by atoms with Gasteiger partial charge in [0.2, 0.25) is 0 Å². The molecule has 1 aromatic carbocycles. The second-order valence-corrected chi connectivity index (χ2v) is 5.96. The van der Waals surface area contributed by atoms with E-state index in [-0.39, 0.29) is 6.04 Å². The lowest BCUT2D eigenvalue weighted by Gasteiger charge is -2.26. The van der Waals surface area contributed by atoms with Crippen LogP contribution in [0.3, 0.4) is 0 Å². The predicted molar refractivity (Wildman–Crippen MR) is 75.9 cm³/mol. The van der Waals surface area contributed by atoms with Gasteiger partial charge in [-0.15, -0.1) is 11.3 Å². The average Bonchev–Trinajstić information content (AvgIpc) is 2.73. The Bertz CT molecular complexity index is 526. The number of thiazole rings is 1. The second-order valence-electron chi connectivity index (χ2n) is 5.07. The summed E-state index contributed by atoms with van der Waals surface area (Å²) in [6, 6.07) is 8.81. The molecule has 2 nitrogen and oxygen atoms in total. The van der Waals surface area contributed by atoms with Crippen LogP contribution in [0.4, 0.5) is 0 Å². The SMILES string of the molecule is Cc1ncsc1C(N)c1ccc(C2CCC2)cc1. The summed E-state index contributed by atoms with van der Waals surface area (Å²) in [6.45, 7) is 2.02. The van der Waals surface area contributed by atoms with E-state index in [4.69, 9.17) is 5.73 Å². The third-order valence-electron chi connectivity index (χ3n) is 3.94. The molecule has 0 bridgehead atoms. The minimum absolute atomic E-state index is 0.0343. The van der Waals surface area contributed by atoms with Crippen molar-refractivity contribution in [1.82, 2.24) is 4.98 Å². The van der Waals surface area contributed by atoms with Crippen LogP contribution in [-0.2, 0) is 0 Å². The summed E-state index contributed by atoms with van der Waals surface area (Å²) in [4.78, 5) is 5.44. The standard InChI is InChI=1S/C15H18N2S/c1-10-15(18-9-17-10)14(16)13-7-5-12(6-8-13)11-3-2-4-11/h5-9,11,14H,2-4,16H2,1H3. The Morgan fingerprint density at radius 2 is 2.00 bits per heavy atom. The molecule has 18 heavy (non-hydrogen) atoms. The van der Waals surface area contributed by atoms with Crippen molar-refractivity contribution in [2.45, 2.75) is 38.1 Å². The first kappa shape index (κ1) is 11.9. The summed E-state index contributed by atoms with van der Waals surface area (Å²) in [5.41, 5.74) is 11.9. The van der Waals surface area contributed by atoms with E-state index in [0.717, 1.165) is 11.6 Å². The molecule has 94 valence electrons. The van der Waals surface area contributed by atoms with Gasteiger partial charge in [0.15, 0.2) is 0 Å². The van der Waals surface area contributed by atoms with Crippen molar-refractivity contribution in [3.8, 4) is 0 Å². The van der Waals surface area contributed by atoms with Crippen LogP contribution < -0.4 is 5.73 Å². The molecule has 1 aliphatic rings. The molecule has 0 aliphatic heterocycles. The van der Waals surface area contributed by atoms with Gasteiger partial charge in [-0.05, 0) is 36.8 Å². The zero-order valence-corrected chi connectivity index (χ0v) is 11.4. The average molecular weight is 258 g/mol. The molecule has 1 saturated carbocycles. The van der Waals surface area contributed by atoms with Gasteiger partial charge in [-0.25, -0.2) is 4.98 Å². The molecular formula is C15H18N2S. The smallest absolute Gasteiger partial charge is 0.0798 e. The van der Waals surface area contributed by atoms with Gasteiger partial charge in [-0.2, -0.15) is 0 Å².